The van der Waals surface area contributed by atoms with E-state index in [1.807, 2.05) is 27.7 Å². The summed E-state index contributed by atoms with van der Waals surface area (Å²) in [5, 5.41) is 2.87. The van der Waals surface area contributed by atoms with Crippen molar-refractivity contribution in [2.24, 2.45) is 11.8 Å². The minimum atomic E-state index is -0.357. The molecule has 4 nitrogen and oxygen atoms in total. The topological polar surface area (TPSA) is 49.4 Å². The van der Waals surface area contributed by atoms with Gasteiger partial charge in [-0.15, -0.1) is 0 Å². The van der Waals surface area contributed by atoms with Crippen LogP contribution in [0, 0.1) is 11.8 Å². The van der Waals surface area contributed by atoms with Crippen molar-refractivity contribution in [3.05, 3.63) is 0 Å². The number of carbonyl (C=O) groups is 2. The van der Waals surface area contributed by atoms with Crippen LogP contribution in [0.4, 0.5) is 0 Å². The van der Waals surface area contributed by atoms with E-state index in [2.05, 4.69) is 12.2 Å². The third-order valence-corrected chi connectivity index (χ3v) is 3.50. The fourth-order valence-electron chi connectivity index (χ4n) is 2.45. The van der Waals surface area contributed by atoms with Gasteiger partial charge >= 0.3 is 0 Å². The Balaban J connectivity index is 2.93. The van der Waals surface area contributed by atoms with Gasteiger partial charge in [-0.1, -0.05) is 41.0 Å². The number of nitrogens with one attached hydrogen (secondary N) is 1. The molecule has 104 valence electrons. The SMILES string of the molecule is CCCCN1C(=O)C(C(C)C)NC(=O)C1C(C)C. The van der Waals surface area contributed by atoms with E-state index >= 15 is 0 Å². The van der Waals surface area contributed by atoms with Crippen molar-refractivity contribution >= 4 is 11.8 Å². The lowest BCUT2D eigenvalue weighted by atomic mass is 9.92. The van der Waals surface area contributed by atoms with E-state index < -0.39 is 0 Å². The van der Waals surface area contributed by atoms with Crippen molar-refractivity contribution in [1.82, 2.24) is 10.2 Å². The molecule has 0 aromatic carbocycles. The number of piperazine rings is 1. The standard InChI is InChI=1S/C14H26N2O2/c1-6-7-8-16-12(10(4)5)13(17)15-11(9(2)3)14(16)18/h9-12H,6-8H2,1-5H3,(H,15,17). The van der Waals surface area contributed by atoms with Gasteiger partial charge < -0.3 is 10.2 Å². The van der Waals surface area contributed by atoms with Crippen LogP contribution in [0.5, 0.6) is 0 Å². The van der Waals surface area contributed by atoms with Gasteiger partial charge in [-0.25, -0.2) is 0 Å². The fraction of sp³-hybridized carbons (Fsp3) is 0.857. The third-order valence-electron chi connectivity index (χ3n) is 3.50. The van der Waals surface area contributed by atoms with Crippen LogP contribution >= 0.6 is 0 Å². The first-order chi connectivity index (χ1) is 8.40. The first-order valence-corrected chi connectivity index (χ1v) is 7.01. The van der Waals surface area contributed by atoms with Gasteiger partial charge in [-0.05, 0) is 18.3 Å². The van der Waals surface area contributed by atoms with E-state index in [9.17, 15) is 9.59 Å². The minimum absolute atomic E-state index is 0.000553. The maximum Gasteiger partial charge on any atom is 0.246 e. The molecule has 1 N–H and O–H groups in total. The lowest BCUT2D eigenvalue weighted by Crippen LogP contribution is -2.66. The van der Waals surface area contributed by atoms with E-state index in [1.165, 1.54) is 0 Å². The molecule has 1 heterocycles. The van der Waals surface area contributed by atoms with E-state index in [0.29, 0.717) is 6.54 Å². The molecule has 0 aromatic heterocycles. The molecule has 4 heteroatoms. The first kappa shape index (κ1) is 15.0. The molecule has 1 rings (SSSR count). The summed E-state index contributed by atoms with van der Waals surface area (Å²) in [5.74, 6) is 0.369. The predicted octanol–water partition coefficient (Wildman–Crippen LogP) is 1.79. The van der Waals surface area contributed by atoms with Crippen LogP contribution < -0.4 is 5.32 Å². The van der Waals surface area contributed by atoms with Gasteiger partial charge in [0.2, 0.25) is 11.8 Å². The first-order valence-electron chi connectivity index (χ1n) is 7.01. The van der Waals surface area contributed by atoms with Gasteiger partial charge in [0, 0.05) is 6.54 Å². The zero-order chi connectivity index (χ0) is 13.9. The zero-order valence-corrected chi connectivity index (χ0v) is 12.2. The van der Waals surface area contributed by atoms with E-state index in [-0.39, 0.29) is 35.7 Å². The lowest BCUT2D eigenvalue weighted by molar-refractivity contribution is -0.152. The molecule has 0 spiro atoms. The summed E-state index contributed by atoms with van der Waals surface area (Å²) < 4.78 is 0. The molecular weight excluding hydrogens is 228 g/mol. The third kappa shape index (κ3) is 3.03. The van der Waals surface area contributed by atoms with Gasteiger partial charge in [-0.3, -0.25) is 9.59 Å². The average molecular weight is 254 g/mol. The molecule has 0 bridgehead atoms. The summed E-state index contributed by atoms with van der Waals surface area (Å²) in [4.78, 5) is 26.4. The molecule has 2 amide bonds. The summed E-state index contributed by atoms with van der Waals surface area (Å²) in [6, 6.07) is -0.664. The van der Waals surface area contributed by atoms with Crippen LogP contribution in [0.25, 0.3) is 0 Å². The highest BCUT2D eigenvalue weighted by atomic mass is 16.2. The number of carbonyl (C=O) groups excluding carboxylic acids is 2. The second-order valence-electron chi connectivity index (χ2n) is 5.80. The largest absolute Gasteiger partial charge is 0.342 e. The van der Waals surface area contributed by atoms with Crippen molar-refractivity contribution in [3.63, 3.8) is 0 Å². The molecule has 18 heavy (non-hydrogen) atoms. The zero-order valence-electron chi connectivity index (χ0n) is 12.2. The number of amides is 2. The summed E-state index contributed by atoms with van der Waals surface area (Å²) in [7, 11) is 0. The smallest absolute Gasteiger partial charge is 0.246 e. The summed E-state index contributed by atoms with van der Waals surface area (Å²) >= 11 is 0. The van der Waals surface area contributed by atoms with Crippen LogP contribution in [-0.4, -0.2) is 35.3 Å². The lowest BCUT2D eigenvalue weighted by Gasteiger charge is -2.42. The second-order valence-corrected chi connectivity index (χ2v) is 5.80. The molecule has 0 saturated carbocycles. The molecule has 1 fully saturated rings. The number of hydrogen-bond donors (Lipinski definition) is 1. The van der Waals surface area contributed by atoms with Crippen molar-refractivity contribution in [1.29, 1.82) is 0 Å². The Morgan fingerprint density at radius 2 is 1.78 bits per heavy atom. The fourth-order valence-corrected chi connectivity index (χ4v) is 2.45. The number of rotatable bonds is 5. The minimum Gasteiger partial charge on any atom is -0.342 e. The Labute approximate surface area is 110 Å². The molecule has 1 saturated heterocycles. The van der Waals surface area contributed by atoms with E-state index in [4.69, 9.17) is 0 Å². The molecular formula is C14H26N2O2. The van der Waals surface area contributed by atoms with Gasteiger partial charge in [0.05, 0.1) is 0 Å². The average Bonchev–Trinajstić information content (AvgIpc) is 2.28. The summed E-state index contributed by atoms with van der Waals surface area (Å²) in [5.41, 5.74) is 0. The van der Waals surface area contributed by atoms with Crippen molar-refractivity contribution in [2.75, 3.05) is 6.54 Å². The van der Waals surface area contributed by atoms with Crippen LogP contribution in [0.1, 0.15) is 47.5 Å². The number of hydrogen-bond acceptors (Lipinski definition) is 2. The Hall–Kier alpha value is -1.06. The predicted molar refractivity (Wildman–Crippen MR) is 72.0 cm³/mol. The van der Waals surface area contributed by atoms with Crippen LogP contribution in [0.3, 0.4) is 0 Å². The summed E-state index contributed by atoms with van der Waals surface area (Å²) in [6.07, 6.45) is 1.98. The molecule has 0 radical (unpaired) electrons. The molecule has 1 aliphatic rings. The molecule has 0 aliphatic carbocycles. The molecule has 0 aromatic rings. The van der Waals surface area contributed by atoms with Gasteiger partial charge in [0.1, 0.15) is 12.1 Å². The number of nitrogens with zero attached hydrogens (tertiary/aromatic N) is 1. The Morgan fingerprint density at radius 3 is 2.22 bits per heavy atom. The van der Waals surface area contributed by atoms with Gasteiger partial charge in [0.15, 0.2) is 0 Å². The van der Waals surface area contributed by atoms with Crippen molar-refractivity contribution < 1.29 is 9.59 Å². The monoisotopic (exact) mass is 254 g/mol. The molecule has 1 aliphatic heterocycles. The normalized spacial score (nSPS) is 24.9. The van der Waals surface area contributed by atoms with Crippen molar-refractivity contribution in [2.45, 2.75) is 59.5 Å². The quantitative estimate of drug-likeness (QED) is 0.813. The summed E-state index contributed by atoms with van der Waals surface area (Å²) in [6.45, 7) is 10.7. The number of unbranched alkanes of at least 4 members (excludes halogenated alkanes) is 1. The van der Waals surface area contributed by atoms with Crippen molar-refractivity contribution in [3.8, 4) is 0 Å². The Morgan fingerprint density at radius 1 is 1.17 bits per heavy atom. The highest BCUT2D eigenvalue weighted by molar-refractivity contribution is 5.97. The van der Waals surface area contributed by atoms with E-state index in [1.54, 1.807) is 4.90 Å². The van der Waals surface area contributed by atoms with E-state index in [0.717, 1.165) is 12.8 Å². The second kappa shape index (κ2) is 6.21. The van der Waals surface area contributed by atoms with Gasteiger partial charge in [0.25, 0.3) is 0 Å². The highest BCUT2D eigenvalue weighted by Crippen LogP contribution is 2.21. The van der Waals surface area contributed by atoms with Crippen LogP contribution in [-0.2, 0) is 9.59 Å². The Bertz CT molecular complexity index is 313. The maximum atomic E-state index is 12.4. The van der Waals surface area contributed by atoms with Crippen LogP contribution in [0.15, 0.2) is 0 Å². The van der Waals surface area contributed by atoms with Crippen LogP contribution in [0.2, 0.25) is 0 Å². The maximum absolute atomic E-state index is 12.4. The molecule has 2 atom stereocenters. The molecule has 2 unspecified atom stereocenters. The Kier molecular flexibility index (Phi) is 5.17. The van der Waals surface area contributed by atoms with Gasteiger partial charge in [-0.2, -0.15) is 0 Å². The highest BCUT2D eigenvalue weighted by Gasteiger charge is 2.42.